The number of para-hydroxylation sites is 2. The van der Waals surface area contributed by atoms with Gasteiger partial charge >= 0.3 is 6.03 Å². The van der Waals surface area contributed by atoms with E-state index < -0.39 is 35.9 Å². The van der Waals surface area contributed by atoms with Gasteiger partial charge in [0.15, 0.2) is 0 Å². The summed E-state index contributed by atoms with van der Waals surface area (Å²) in [5.74, 6) is -1.66. The number of carbonyl (C=O) groups excluding carboxylic acids is 3. The lowest BCUT2D eigenvalue weighted by Gasteiger charge is -2.22. The predicted octanol–water partition coefficient (Wildman–Crippen LogP) is 3.29. The third-order valence-corrected chi connectivity index (χ3v) is 5.53. The fraction of sp³-hybridized carbons (Fsp3) is 0.154. The molecular weight excluding hydrogens is 449 g/mol. The summed E-state index contributed by atoms with van der Waals surface area (Å²) < 4.78 is 13.8. The lowest BCUT2D eigenvalue weighted by Crippen LogP contribution is -2.52. The third-order valence-electron chi connectivity index (χ3n) is 5.53. The van der Waals surface area contributed by atoms with Crippen LogP contribution in [0.15, 0.2) is 83.9 Å². The Morgan fingerprint density at radius 3 is 2.37 bits per heavy atom. The molecule has 0 spiro atoms. The molecule has 0 radical (unpaired) electrons. The van der Waals surface area contributed by atoms with E-state index in [0.29, 0.717) is 11.4 Å². The number of likely N-dealkylation sites (N-methyl/N-ethyl adjacent to an activating group) is 1. The molecule has 1 aliphatic heterocycles. The summed E-state index contributed by atoms with van der Waals surface area (Å²) in [6.45, 7) is 1.46. The smallest absolute Gasteiger partial charge is 0.319 e. The Morgan fingerprint density at radius 1 is 0.971 bits per heavy atom. The molecule has 9 heteroatoms. The van der Waals surface area contributed by atoms with Gasteiger partial charge in [-0.05, 0) is 25.1 Å². The zero-order valence-electron chi connectivity index (χ0n) is 19.2. The van der Waals surface area contributed by atoms with E-state index in [1.54, 1.807) is 13.1 Å². The summed E-state index contributed by atoms with van der Waals surface area (Å²) in [4.78, 5) is 44.4. The quantitative estimate of drug-likeness (QED) is 0.530. The Balaban J connectivity index is 1.54. The summed E-state index contributed by atoms with van der Waals surface area (Å²) in [7, 11) is 1.62. The van der Waals surface area contributed by atoms with Crippen LogP contribution in [-0.4, -0.2) is 42.8 Å². The first-order valence-corrected chi connectivity index (χ1v) is 11.0. The molecule has 178 valence electrons. The zero-order chi connectivity index (χ0) is 24.9. The molecule has 3 aromatic rings. The van der Waals surface area contributed by atoms with Crippen molar-refractivity contribution in [2.24, 2.45) is 4.99 Å². The lowest BCUT2D eigenvalue weighted by atomic mass is 10.0. The number of halogens is 1. The summed E-state index contributed by atoms with van der Waals surface area (Å²) in [6, 6.07) is 20.6. The fourth-order valence-corrected chi connectivity index (χ4v) is 3.69. The first-order chi connectivity index (χ1) is 16.8. The summed E-state index contributed by atoms with van der Waals surface area (Å²) in [5, 5.41) is 7.42. The van der Waals surface area contributed by atoms with Gasteiger partial charge in [0.1, 0.15) is 11.9 Å². The summed E-state index contributed by atoms with van der Waals surface area (Å²) in [5.41, 5.74) is 2.74. The largest absolute Gasteiger partial charge is 0.326 e. The number of fused-ring (bicyclic) bond motifs is 1. The van der Waals surface area contributed by atoms with Gasteiger partial charge in [0.2, 0.25) is 12.1 Å². The first-order valence-electron chi connectivity index (χ1n) is 11.0. The van der Waals surface area contributed by atoms with E-state index in [9.17, 15) is 18.8 Å². The van der Waals surface area contributed by atoms with Gasteiger partial charge < -0.3 is 20.9 Å². The van der Waals surface area contributed by atoms with Crippen molar-refractivity contribution in [1.82, 2.24) is 10.6 Å². The Bertz CT molecular complexity index is 1290. The van der Waals surface area contributed by atoms with Crippen molar-refractivity contribution in [3.63, 3.8) is 0 Å². The highest BCUT2D eigenvalue weighted by atomic mass is 19.1. The highest BCUT2D eigenvalue weighted by Gasteiger charge is 2.32. The van der Waals surface area contributed by atoms with E-state index in [1.165, 1.54) is 30.0 Å². The number of rotatable bonds is 5. The second-order valence-corrected chi connectivity index (χ2v) is 7.97. The van der Waals surface area contributed by atoms with Gasteiger partial charge in [0.25, 0.3) is 5.91 Å². The molecule has 0 unspecified atom stereocenters. The van der Waals surface area contributed by atoms with Crippen LogP contribution in [0.4, 0.5) is 20.6 Å². The maximum Gasteiger partial charge on any atom is 0.319 e. The van der Waals surface area contributed by atoms with Crippen LogP contribution in [0.1, 0.15) is 18.1 Å². The average Bonchev–Trinajstić information content (AvgIpc) is 2.96. The van der Waals surface area contributed by atoms with Crippen LogP contribution in [0, 0.1) is 5.82 Å². The number of nitrogens with zero attached hydrogens (tertiary/aromatic N) is 2. The topological polar surface area (TPSA) is 103 Å². The molecule has 3 aromatic carbocycles. The summed E-state index contributed by atoms with van der Waals surface area (Å²) >= 11 is 0. The minimum absolute atomic E-state index is 0.0203. The van der Waals surface area contributed by atoms with Crippen LogP contribution >= 0.6 is 0 Å². The molecule has 0 aliphatic carbocycles. The number of hydrogen-bond donors (Lipinski definition) is 3. The molecule has 4 amide bonds. The molecule has 0 fully saturated rings. The molecule has 35 heavy (non-hydrogen) atoms. The van der Waals surface area contributed by atoms with Gasteiger partial charge in [-0.2, -0.15) is 0 Å². The first kappa shape index (κ1) is 23.6. The van der Waals surface area contributed by atoms with Crippen molar-refractivity contribution >= 4 is 34.9 Å². The average molecular weight is 474 g/mol. The van der Waals surface area contributed by atoms with Crippen LogP contribution < -0.4 is 20.9 Å². The van der Waals surface area contributed by atoms with Crippen molar-refractivity contribution < 1.29 is 18.8 Å². The number of carbonyl (C=O) groups is 3. The molecule has 8 nitrogen and oxygen atoms in total. The van der Waals surface area contributed by atoms with E-state index in [0.717, 1.165) is 11.1 Å². The second kappa shape index (κ2) is 10.2. The van der Waals surface area contributed by atoms with Crippen molar-refractivity contribution in [1.29, 1.82) is 0 Å². The number of benzene rings is 3. The van der Waals surface area contributed by atoms with E-state index >= 15 is 0 Å². The van der Waals surface area contributed by atoms with Crippen LogP contribution in [0.5, 0.6) is 0 Å². The van der Waals surface area contributed by atoms with Crippen molar-refractivity contribution in [2.75, 3.05) is 17.3 Å². The van der Waals surface area contributed by atoms with Crippen LogP contribution in [0.2, 0.25) is 0 Å². The SMILES string of the molecule is C[C@H](NC(=O)Nc1ccccc1F)C(=O)N[C@H]1N=C(c2ccccc2)c2ccccc2N(C)C1=O. The molecular formula is C26H24FN5O3. The standard InChI is InChI=1S/C26H24FN5O3/c1-16(28-26(35)29-20-14-8-7-13-19(20)27)24(33)31-23-25(34)32(2)21-15-9-6-12-18(21)22(30-23)17-10-4-3-5-11-17/h3-16,23H,1-2H3,(H,31,33)(H2,28,29,35)/t16-,23+/m0/s1. The monoisotopic (exact) mass is 473 g/mol. The Morgan fingerprint density at radius 2 is 1.63 bits per heavy atom. The number of urea groups is 1. The van der Waals surface area contributed by atoms with E-state index in [4.69, 9.17) is 0 Å². The van der Waals surface area contributed by atoms with Gasteiger partial charge in [-0.25, -0.2) is 14.2 Å². The molecule has 0 saturated carbocycles. The van der Waals surface area contributed by atoms with Gasteiger partial charge in [0.05, 0.1) is 17.1 Å². The zero-order valence-corrected chi connectivity index (χ0v) is 19.2. The number of amides is 4. The molecule has 1 heterocycles. The van der Waals surface area contributed by atoms with Gasteiger partial charge in [0, 0.05) is 18.2 Å². The van der Waals surface area contributed by atoms with Crippen LogP contribution in [0.3, 0.4) is 0 Å². The van der Waals surface area contributed by atoms with Crippen molar-refractivity contribution in [2.45, 2.75) is 19.1 Å². The van der Waals surface area contributed by atoms with E-state index in [1.807, 2.05) is 54.6 Å². The Kier molecular flexibility index (Phi) is 6.86. The molecule has 0 bridgehead atoms. The van der Waals surface area contributed by atoms with Gasteiger partial charge in [-0.3, -0.25) is 9.59 Å². The number of nitrogens with one attached hydrogen (secondary N) is 3. The minimum Gasteiger partial charge on any atom is -0.326 e. The molecule has 2 atom stereocenters. The molecule has 3 N–H and O–H groups in total. The molecule has 0 saturated heterocycles. The molecule has 4 rings (SSSR count). The van der Waals surface area contributed by atoms with Crippen molar-refractivity contribution in [3.05, 3.63) is 95.8 Å². The van der Waals surface area contributed by atoms with Gasteiger partial charge in [-0.1, -0.05) is 60.7 Å². The minimum atomic E-state index is -1.21. The van der Waals surface area contributed by atoms with Crippen LogP contribution in [0.25, 0.3) is 0 Å². The second-order valence-electron chi connectivity index (χ2n) is 7.97. The lowest BCUT2D eigenvalue weighted by molar-refractivity contribution is -0.128. The van der Waals surface area contributed by atoms with Gasteiger partial charge in [-0.15, -0.1) is 0 Å². The van der Waals surface area contributed by atoms with E-state index in [-0.39, 0.29) is 5.69 Å². The van der Waals surface area contributed by atoms with Crippen molar-refractivity contribution in [3.8, 4) is 0 Å². The van der Waals surface area contributed by atoms with Crippen LogP contribution in [-0.2, 0) is 9.59 Å². The third kappa shape index (κ3) is 5.19. The number of benzodiazepines with no additional fused rings is 1. The summed E-state index contributed by atoms with van der Waals surface area (Å²) in [6.07, 6.45) is -1.21. The fourth-order valence-electron chi connectivity index (χ4n) is 3.69. The number of hydrogen-bond acceptors (Lipinski definition) is 4. The highest BCUT2D eigenvalue weighted by Crippen LogP contribution is 2.27. The Hall–Kier alpha value is -4.53. The molecule has 1 aliphatic rings. The number of anilines is 2. The maximum absolute atomic E-state index is 13.8. The predicted molar refractivity (Wildman–Crippen MR) is 132 cm³/mol. The highest BCUT2D eigenvalue weighted by molar-refractivity contribution is 6.20. The number of aliphatic imine (C=N–C) groups is 1. The van der Waals surface area contributed by atoms with E-state index in [2.05, 4.69) is 20.9 Å². The molecule has 0 aromatic heterocycles. The maximum atomic E-state index is 13.8. The Labute approximate surface area is 201 Å². The normalized spacial score (nSPS) is 15.9.